The van der Waals surface area contributed by atoms with Gasteiger partial charge in [-0.1, -0.05) is 34.6 Å². The van der Waals surface area contributed by atoms with Crippen molar-refractivity contribution in [2.45, 2.75) is 40.7 Å². The van der Waals surface area contributed by atoms with Gasteiger partial charge in [-0.3, -0.25) is 9.00 Å². The Kier molecular flexibility index (Phi) is 5.49. The Balaban J connectivity index is 4.42. The zero-order chi connectivity index (χ0) is 12.2. The smallest absolute Gasteiger partial charge is 0.225 e. The first-order chi connectivity index (χ1) is 6.64. The summed E-state index contributed by atoms with van der Waals surface area (Å²) in [7, 11) is -0.874. The maximum absolute atomic E-state index is 11.8. The van der Waals surface area contributed by atoms with Crippen molar-refractivity contribution in [1.29, 1.82) is 0 Å². The Labute approximate surface area is 95.5 Å². The maximum atomic E-state index is 11.8. The van der Waals surface area contributed by atoms with E-state index in [1.807, 2.05) is 34.6 Å². The van der Waals surface area contributed by atoms with E-state index in [0.29, 0.717) is 11.7 Å². The quantitative estimate of drug-likeness (QED) is 0.801. The van der Waals surface area contributed by atoms with Crippen molar-refractivity contribution in [3.63, 3.8) is 0 Å². The summed E-state index contributed by atoms with van der Waals surface area (Å²) in [5, 5.41) is 2.96. The van der Waals surface area contributed by atoms with Crippen LogP contribution in [0.25, 0.3) is 0 Å². The van der Waals surface area contributed by atoms with Crippen molar-refractivity contribution >= 4 is 16.7 Å². The van der Waals surface area contributed by atoms with Gasteiger partial charge in [-0.2, -0.15) is 0 Å². The van der Waals surface area contributed by atoms with Crippen molar-refractivity contribution in [1.82, 2.24) is 5.32 Å². The molecule has 0 radical (unpaired) electrons. The van der Waals surface area contributed by atoms with Crippen LogP contribution in [-0.4, -0.2) is 28.2 Å². The molecule has 0 aromatic heterocycles. The van der Waals surface area contributed by atoms with Crippen LogP contribution in [0.15, 0.2) is 0 Å². The molecule has 0 aliphatic heterocycles. The first-order valence-corrected chi connectivity index (χ1v) is 6.98. The standard InChI is InChI=1S/C11H23NO2S/c1-8(2)9(7-15(6)14)12-10(13)11(3,4)5/h8-9H,7H2,1-6H3,(H,12,13). The second kappa shape index (κ2) is 5.64. The monoisotopic (exact) mass is 233 g/mol. The van der Waals surface area contributed by atoms with Gasteiger partial charge in [-0.05, 0) is 5.92 Å². The summed E-state index contributed by atoms with van der Waals surface area (Å²) >= 11 is 0. The number of hydrogen-bond acceptors (Lipinski definition) is 2. The van der Waals surface area contributed by atoms with Gasteiger partial charge in [0.25, 0.3) is 0 Å². The predicted molar refractivity (Wildman–Crippen MR) is 65.2 cm³/mol. The fourth-order valence-corrected chi connectivity index (χ4v) is 2.01. The number of nitrogens with one attached hydrogen (secondary N) is 1. The van der Waals surface area contributed by atoms with E-state index in [1.165, 1.54) is 0 Å². The Morgan fingerprint density at radius 2 is 1.80 bits per heavy atom. The highest BCUT2D eigenvalue weighted by Gasteiger charge is 2.25. The number of hydrogen-bond donors (Lipinski definition) is 1. The molecule has 0 rings (SSSR count). The molecule has 15 heavy (non-hydrogen) atoms. The third-order valence-electron chi connectivity index (χ3n) is 2.22. The summed E-state index contributed by atoms with van der Waals surface area (Å²) in [5.41, 5.74) is -0.387. The molecule has 0 aliphatic rings. The van der Waals surface area contributed by atoms with Gasteiger partial charge in [0.15, 0.2) is 0 Å². The van der Waals surface area contributed by atoms with Crippen molar-refractivity contribution in [3.05, 3.63) is 0 Å². The zero-order valence-electron chi connectivity index (χ0n) is 10.6. The zero-order valence-corrected chi connectivity index (χ0v) is 11.4. The molecule has 0 aromatic rings. The van der Waals surface area contributed by atoms with Crippen LogP contribution in [0.1, 0.15) is 34.6 Å². The minimum absolute atomic E-state index is 0.00237. The minimum Gasteiger partial charge on any atom is -0.352 e. The SMILES string of the molecule is CC(C)C(CS(C)=O)NC(=O)C(C)(C)C. The highest BCUT2D eigenvalue weighted by Crippen LogP contribution is 2.14. The first-order valence-electron chi connectivity index (χ1n) is 5.25. The van der Waals surface area contributed by atoms with Crippen LogP contribution < -0.4 is 5.32 Å². The van der Waals surface area contributed by atoms with Gasteiger partial charge in [-0.25, -0.2) is 0 Å². The van der Waals surface area contributed by atoms with Crippen LogP contribution in [0.3, 0.4) is 0 Å². The average molecular weight is 233 g/mol. The molecule has 90 valence electrons. The first kappa shape index (κ1) is 14.6. The van der Waals surface area contributed by atoms with Crippen LogP contribution >= 0.6 is 0 Å². The minimum atomic E-state index is -0.874. The van der Waals surface area contributed by atoms with Crippen LogP contribution in [0.2, 0.25) is 0 Å². The summed E-state index contributed by atoms with van der Waals surface area (Å²) in [6, 6.07) is 0.00237. The number of carbonyl (C=O) groups is 1. The van der Waals surface area contributed by atoms with Gasteiger partial charge < -0.3 is 5.32 Å². The molecular weight excluding hydrogens is 210 g/mol. The molecule has 4 heteroatoms. The lowest BCUT2D eigenvalue weighted by Crippen LogP contribution is -2.46. The summed E-state index contributed by atoms with van der Waals surface area (Å²) < 4.78 is 11.1. The number of rotatable bonds is 4. The van der Waals surface area contributed by atoms with E-state index >= 15 is 0 Å². The normalized spacial score (nSPS) is 16.2. The molecule has 0 aromatic carbocycles. The molecule has 0 aliphatic carbocycles. The summed E-state index contributed by atoms with van der Waals surface area (Å²) in [6.45, 7) is 9.69. The van der Waals surface area contributed by atoms with Crippen LogP contribution in [0, 0.1) is 11.3 Å². The topological polar surface area (TPSA) is 46.2 Å². The highest BCUT2D eigenvalue weighted by molar-refractivity contribution is 7.84. The van der Waals surface area contributed by atoms with Crippen molar-refractivity contribution in [3.8, 4) is 0 Å². The average Bonchev–Trinajstić information content (AvgIpc) is 1.99. The van der Waals surface area contributed by atoms with E-state index in [1.54, 1.807) is 6.26 Å². The van der Waals surface area contributed by atoms with E-state index in [0.717, 1.165) is 0 Å². The lowest BCUT2D eigenvalue weighted by molar-refractivity contribution is -0.129. The Morgan fingerprint density at radius 3 is 2.07 bits per heavy atom. The van der Waals surface area contributed by atoms with Gasteiger partial charge in [-0.15, -0.1) is 0 Å². The molecule has 0 heterocycles. The molecule has 0 saturated heterocycles. The lowest BCUT2D eigenvalue weighted by Gasteiger charge is -2.26. The molecule has 0 bridgehead atoms. The molecule has 2 unspecified atom stereocenters. The summed E-state index contributed by atoms with van der Waals surface area (Å²) in [5.74, 6) is 0.853. The van der Waals surface area contributed by atoms with E-state index in [4.69, 9.17) is 0 Å². The largest absolute Gasteiger partial charge is 0.352 e. The van der Waals surface area contributed by atoms with E-state index in [2.05, 4.69) is 5.32 Å². The number of amides is 1. The molecule has 0 saturated carbocycles. The number of carbonyl (C=O) groups excluding carboxylic acids is 1. The Morgan fingerprint density at radius 1 is 1.33 bits per heavy atom. The van der Waals surface area contributed by atoms with Gasteiger partial charge >= 0.3 is 0 Å². The molecular formula is C11H23NO2S. The third-order valence-corrected chi connectivity index (χ3v) is 3.05. The third kappa shape index (κ3) is 5.92. The fourth-order valence-electron chi connectivity index (χ4n) is 1.04. The predicted octanol–water partition coefficient (Wildman–Crippen LogP) is 1.55. The van der Waals surface area contributed by atoms with Crippen LogP contribution in [0.5, 0.6) is 0 Å². The molecule has 3 nitrogen and oxygen atoms in total. The Bertz CT molecular complexity index is 243. The Hall–Kier alpha value is -0.380. The lowest BCUT2D eigenvalue weighted by atomic mass is 9.94. The van der Waals surface area contributed by atoms with Gasteiger partial charge in [0.2, 0.25) is 5.91 Å². The van der Waals surface area contributed by atoms with E-state index in [-0.39, 0.29) is 17.4 Å². The highest BCUT2D eigenvalue weighted by atomic mass is 32.2. The fraction of sp³-hybridized carbons (Fsp3) is 0.909. The van der Waals surface area contributed by atoms with Crippen molar-refractivity contribution < 1.29 is 9.00 Å². The van der Waals surface area contributed by atoms with E-state index in [9.17, 15) is 9.00 Å². The van der Waals surface area contributed by atoms with Crippen molar-refractivity contribution in [2.24, 2.45) is 11.3 Å². The van der Waals surface area contributed by atoms with Gasteiger partial charge in [0, 0.05) is 34.3 Å². The molecule has 0 spiro atoms. The maximum Gasteiger partial charge on any atom is 0.225 e. The van der Waals surface area contributed by atoms with Crippen molar-refractivity contribution in [2.75, 3.05) is 12.0 Å². The molecule has 1 N–H and O–H groups in total. The van der Waals surface area contributed by atoms with Crippen LogP contribution in [-0.2, 0) is 15.6 Å². The molecule has 1 amide bonds. The van der Waals surface area contributed by atoms with E-state index < -0.39 is 10.8 Å². The summed E-state index contributed by atoms with van der Waals surface area (Å²) in [4.78, 5) is 11.8. The second-order valence-electron chi connectivity index (χ2n) is 5.31. The molecule has 0 fully saturated rings. The van der Waals surface area contributed by atoms with Gasteiger partial charge in [0.1, 0.15) is 0 Å². The molecule has 2 atom stereocenters. The second-order valence-corrected chi connectivity index (χ2v) is 6.79. The summed E-state index contributed by atoms with van der Waals surface area (Å²) in [6.07, 6.45) is 1.67. The van der Waals surface area contributed by atoms with Gasteiger partial charge in [0.05, 0.1) is 0 Å². The van der Waals surface area contributed by atoms with Crippen LogP contribution in [0.4, 0.5) is 0 Å².